The molecule has 0 spiro atoms. The average Bonchev–Trinajstić information content (AvgIpc) is 2.15. The molecule has 78 valence electrons. The molecule has 6 heteroatoms. The highest BCUT2D eigenvalue weighted by Crippen LogP contribution is 2.31. The summed E-state index contributed by atoms with van der Waals surface area (Å²) in [6.07, 6.45) is 0. The van der Waals surface area contributed by atoms with Gasteiger partial charge in [-0.3, -0.25) is 4.84 Å². The second-order valence-electron chi connectivity index (χ2n) is 2.49. The van der Waals surface area contributed by atoms with Gasteiger partial charge < -0.3 is 4.74 Å². The zero-order valence-corrected chi connectivity index (χ0v) is 8.07. The molecule has 0 radical (unpaired) electrons. The molecule has 14 heavy (non-hydrogen) atoms. The minimum atomic E-state index is -1.15. The van der Waals surface area contributed by atoms with Gasteiger partial charge in [-0.2, -0.15) is 4.39 Å². The lowest BCUT2D eigenvalue weighted by molar-refractivity contribution is 0.121. The molecule has 0 amide bonds. The van der Waals surface area contributed by atoms with Gasteiger partial charge in [0.25, 0.3) is 0 Å². The maximum absolute atomic E-state index is 13.2. The largest absolute Gasteiger partial charge is 0.492 e. The zero-order chi connectivity index (χ0) is 10.7. The summed E-state index contributed by atoms with van der Waals surface area (Å²) in [6.45, 7) is -0.257. The number of hydrogen-bond acceptors (Lipinski definition) is 3. The lowest BCUT2D eigenvalue weighted by atomic mass is 10.2. The number of rotatable bonds is 3. The van der Waals surface area contributed by atoms with Crippen molar-refractivity contribution in [3.8, 4) is 5.75 Å². The number of hydrogen-bond donors (Lipinski definition) is 1. The van der Waals surface area contributed by atoms with E-state index >= 15 is 0 Å². The van der Waals surface area contributed by atoms with Crippen molar-refractivity contribution in [2.45, 2.75) is 6.61 Å². The molecule has 0 aliphatic rings. The van der Waals surface area contributed by atoms with Crippen molar-refractivity contribution in [1.82, 2.24) is 0 Å². The van der Waals surface area contributed by atoms with Crippen LogP contribution in [0.15, 0.2) is 6.07 Å². The van der Waals surface area contributed by atoms with Gasteiger partial charge in [-0.15, -0.1) is 0 Å². The Morgan fingerprint density at radius 1 is 1.43 bits per heavy atom. The van der Waals surface area contributed by atoms with Gasteiger partial charge in [0.2, 0.25) is 5.82 Å². The summed E-state index contributed by atoms with van der Waals surface area (Å²) in [5, 5.41) is -0.0292. The number of nitrogens with two attached hydrogens (primary N) is 1. The lowest BCUT2D eigenvalue weighted by Crippen LogP contribution is -2.04. The van der Waals surface area contributed by atoms with E-state index in [0.29, 0.717) is 0 Å². The number of halogens is 3. The standard InChI is InChI=1S/C8H8ClF2NO2/c1-13-8-5(9)2-4(3-14-12)6(10)7(8)11/h2H,3,12H2,1H3. The second kappa shape index (κ2) is 4.54. The molecular formula is C8H8ClF2NO2. The Labute approximate surface area is 84.3 Å². The summed E-state index contributed by atoms with van der Waals surface area (Å²) in [6, 6.07) is 1.20. The monoisotopic (exact) mass is 223 g/mol. The summed E-state index contributed by atoms with van der Waals surface area (Å²) in [7, 11) is 1.20. The fourth-order valence-corrected chi connectivity index (χ4v) is 1.30. The zero-order valence-electron chi connectivity index (χ0n) is 7.31. The van der Waals surface area contributed by atoms with Crippen LogP contribution < -0.4 is 10.6 Å². The molecule has 0 heterocycles. The van der Waals surface area contributed by atoms with E-state index in [4.69, 9.17) is 17.5 Å². The maximum atomic E-state index is 13.2. The summed E-state index contributed by atoms with van der Waals surface area (Å²) in [5.41, 5.74) is -0.0594. The van der Waals surface area contributed by atoms with Crippen molar-refractivity contribution in [2.24, 2.45) is 5.90 Å². The maximum Gasteiger partial charge on any atom is 0.202 e. The fourth-order valence-electron chi connectivity index (χ4n) is 1.01. The summed E-state index contributed by atoms with van der Waals surface area (Å²) >= 11 is 5.61. The first-order valence-electron chi connectivity index (χ1n) is 3.63. The first-order valence-corrected chi connectivity index (χ1v) is 4.01. The van der Waals surface area contributed by atoms with Gasteiger partial charge in [0.1, 0.15) is 0 Å². The third-order valence-electron chi connectivity index (χ3n) is 1.63. The number of methoxy groups -OCH3 is 1. The Kier molecular flexibility index (Phi) is 3.62. The SMILES string of the molecule is COc1c(Cl)cc(CON)c(F)c1F. The molecule has 1 aromatic rings. The minimum absolute atomic E-state index is 0.0292. The van der Waals surface area contributed by atoms with Gasteiger partial charge in [0.15, 0.2) is 11.6 Å². The molecule has 1 rings (SSSR count). The molecule has 0 fully saturated rings. The van der Waals surface area contributed by atoms with Gasteiger partial charge in [-0.05, 0) is 6.07 Å². The molecule has 3 nitrogen and oxygen atoms in total. The van der Waals surface area contributed by atoms with Gasteiger partial charge in [-0.1, -0.05) is 11.6 Å². The molecule has 0 atom stereocenters. The van der Waals surface area contributed by atoms with Crippen molar-refractivity contribution in [3.05, 3.63) is 28.3 Å². The van der Waals surface area contributed by atoms with Crippen LogP contribution in [0, 0.1) is 11.6 Å². The van der Waals surface area contributed by atoms with Crippen LogP contribution in [0.1, 0.15) is 5.56 Å². The molecule has 0 unspecified atom stereocenters. The Bertz CT molecular complexity index is 347. The van der Waals surface area contributed by atoms with E-state index in [-0.39, 0.29) is 22.9 Å². The van der Waals surface area contributed by atoms with Crippen LogP contribution in [0.2, 0.25) is 5.02 Å². The van der Waals surface area contributed by atoms with E-state index < -0.39 is 11.6 Å². The highest BCUT2D eigenvalue weighted by atomic mass is 35.5. The topological polar surface area (TPSA) is 44.5 Å². The summed E-state index contributed by atoms with van der Waals surface area (Å²) in [4.78, 5) is 4.19. The Balaban J connectivity index is 3.25. The molecule has 0 aliphatic carbocycles. The van der Waals surface area contributed by atoms with Crippen LogP contribution in [0.4, 0.5) is 8.78 Å². The van der Waals surface area contributed by atoms with Crippen molar-refractivity contribution in [1.29, 1.82) is 0 Å². The van der Waals surface area contributed by atoms with Crippen LogP contribution in [-0.2, 0) is 11.4 Å². The van der Waals surface area contributed by atoms with Crippen LogP contribution >= 0.6 is 11.6 Å². The number of ether oxygens (including phenoxy) is 1. The molecule has 0 saturated carbocycles. The van der Waals surface area contributed by atoms with E-state index in [0.717, 1.165) is 0 Å². The van der Waals surface area contributed by atoms with Gasteiger partial charge in [0.05, 0.1) is 18.7 Å². The third-order valence-corrected chi connectivity index (χ3v) is 1.92. The quantitative estimate of drug-likeness (QED) is 0.630. The van der Waals surface area contributed by atoms with Crippen LogP contribution in [0.25, 0.3) is 0 Å². The van der Waals surface area contributed by atoms with Crippen molar-refractivity contribution < 1.29 is 18.4 Å². The smallest absolute Gasteiger partial charge is 0.202 e. The fraction of sp³-hybridized carbons (Fsp3) is 0.250. The highest BCUT2D eigenvalue weighted by molar-refractivity contribution is 6.32. The van der Waals surface area contributed by atoms with Gasteiger partial charge in [-0.25, -0.2) is 10.3 Å². The minimum Gasteiger partial charge on any atom is -0.492 e. The predicted octanol–water partition coefficient (Wildman–Crippen LogP) is 2.02. The van der Waals surface area contributed by atoms with E-state index in [1.165, 1.54) is 13.2 Å². The van der Waals surface area contributed by atoms with Crippen molar-refractivity contribution in [2.75, 3.05) is 7.11 Å². The Morgan fingerprint density at radius 2 is 2.07 bits per heavy atom. The molecule has 0 saturated heterocycles. The Hall–Kier alpha value is -0.910. The van der Waals surface area contributed by atoms with E-state index in [1.807, 2.05) is 0 Å². The summed E-state index contributed by atoms with van der Waals surface area (Å²) < 4.78 is 30.9. The molecule has 0 aromatic heterocycles. The van der Waals surface area contributed by atoms with E-state index in [1.54, 1.807) is 0 Å². The van der Waals surface area contributed by atoms with Crippen LogP contribution in [-0.4, -0.2) is 7.11 Å². The van der Waals surface area contributed by atoms with Crippen molar-refractivity contribution in [3.63, 3.8) is 0 Å². The van der Waals surface area contributed by atoms with Gasteiger partial charge in [0, 0.05) is 5.56 Å². The predicted molar refractivity (Wildman–Crippen MR) is 46.9 cm³/mol. The summed E-state index contributed by atoms with van der Waals surface area (Å²) in [5.74, 6) is 2.19. The molecule has 1 aromatic carbocycles. The first-order chi connectivity index (χ1) is 6.61. The molecule has 0 aliphatic heterocycles. The lowest BCUT2D eigenvalue weighted by Gasteiger charge is -2.08. The normalized spacial score (nSPS) is 10.4. The Morgan fingerprint density at radius 3 is 2.57 bits per heavy atom. The molecule has 0 bridgehead atoms. The second-order valence-corrected chi connectivity index (χ2v) is 2.90. The molecular weight excluding hydrogens is 216 g/mol. The van der Waals surface area contributed by atoms with E-state index in [2.05, 4.69) is 9.57 Å². The average molecular weight is 224 g/mol. The highest BCUT2D eigenvalue weighted by Gasteiger charge is 2.17. The third kappa shape index (κ3) is 1.95. The first kappa shape index (κ1) is 11.2. The van der Waals surface area contributed by atoms with Crippen LogP contribution in [0.5, 0.6) is 5.75 Å². The molecule has 2 N–H and O–H groups in total. The number of benzene rings is 1. The van der Waals surface area contributed by atoms with E-state index in [9.17, 15) is 8.78 Å². The van der Waals surface area contributed by atoms with Gasteiger partial charge >= 0.3 is 0 Å². The van der Waals surface area contributed by atoms with Crippen LogP contribution in [0.3, 0.4) is 0 Å². The van der Waals surface area contributed by atoms with Crippen molar-refractivity contribution >= 4 is 11.6 Å².